The van der Waals surface area contributed by atoms with Crippen LogP contribution in [0.25, 0.3) is 0 Å². The Kier molecular flexibility index (Phi) is 2.63. The summed E-state index contributed by atoms with van der Waals surface area (Å²) in [5, 5.41) is 3.38. The van der Waals surface area contributed by atoms with Crippen molar-refractivity contribution >= 4 is 11.6 Å². The highest BCUT2D eigenvalue weighted by atomic mass is 16.2. The Morgan fingerprint density at radius 3 is 2.53 bits per heavy atom. The van der Waals surface area contributed by atoms with Gasteiger partial charge in [0.05, 0.1) is 0 Å². The summed E-state index contributed by atoms with van der Waals surface area (Å²) >= 11 is 0. The summed E-state index contributed by atoms with van der Waals surface area (Å²) in [6.45, 7) is 3.00. The second-order valence-electron chi connectivity index (χ2n) is 5.24. The first-order chi connectivity index (χ1) is 8.29. The maximum absolute atomic E-state index is 12.2. The second kappa shape index (κ2) is 4.15. The summed E-state index contributed by atoms with van der Waals surface area (Å²) < 4.78 is 0. The van der Waals surface area contributed by atoms with E-state index in [4.69, 9.17) is 0 Å². The van der Waals surface area contributed by atoms with E-state index in [9.17, 15) is 4.79 Å². The zero-order valence-electron chi connectivity index (χ0n) is 9.98. The number of piperidine rings is 1. The molecular weight excluding hydrogens is 212 g/mol. The molecule has 1 N–H and O–H groups in total. The number of rotatable bonds is 1. The molecule has 0 bridgehead atoms. The molecule has 0 atom stereocenters. The SMILES string of the molecule is O=C1CC2(CCNCC2)CN1c1ccccc1. The van der Waals surface area contributed by atoms with Gasteiger partial charge in [0.25, 0.3) is 0 Å². The first-order valence-corrected chi connectivity index (χ1v) is 6.35. The molecule has 2 fully saturated rings. The van der Waals surface area contributed by atoms with Crippen molar-refractivity contribution in [3.05, 3.63) is 30.3 Å². The number of hydrogen-bond donors (Lipinski definition) is 1. The molecule has 2 aliphatic heterocycles. The van der Waals surface area contributed by atoms with Gasteiger partial charge in [0, 0.05) is 18.7 Å². The van der Waals surface area contributed by atoms with Crippen molar-refractivity contribution in [1.29, 1.82) is 0 Å². The summed E-state index contributed by atoms with van der Waals surface area (Å²) in [6, 6.07) is 10.0. The van der Waals surface area contributed by atoms with E-state index in [1.807, 2.05) is 35.2 Å². The number of hydrogen-bond acceptors (Lipinski definition) is 2. The zero-order chi connectivity index (χ0) is 11.7. The Morgan fingerprint density at radius 2 is 1.82 bits per heavy atom. The van der Waals surface area contributed by atoms with Crippen LogP contribution in [-0.2, 0) is 4.79 Å². The van der Waals surface area contributed by atoms with Gasteiger partial charge in [-0.25, -0.2) is 0 Å². The van der Waals surface area contributed by atoms with Crippen LogP contribution < -0.4 is 10.2 Å². The summed E-state index contributed by atoms with van der Waals surface area (Å²) in [5.74, 6) is 0.290. The minimum atomic E-state index is 0.234. The maximum atomic E-state index is 12.2. The molecular formula is C14H18N2O. The molecule has 2 aliphatic rings. The van der Waals surface area contributed by atoms with Crippen LogP contribution in [0.4, 0.5) is 5.69 Å². The molecule has 0 saturated carbocycles. The van der Waals surface area contributed by atoms with Gasteiger partial charge in [-0.15, -0.1) is 0 Å². The molecule has 90 valence electrons. The van der Waals surface area contributed by atoms with E-state index in [0.29, 0.717) is 0 Å². The molecule has 3 nitrogen and oxygen atoms in total. The molecule has 2 saturated heterocycles. The Morgan fingerprint density at radius 1 is 1.12 bits per heavy atom. The Bertz CT molecular complexity index is 409. The zero-order valence-corrected chi connectivity index (χ0v) is 9.98. The molecule has 1 aromatic rings. The molecule has 0 radical (unpaired) electrons. The largest absolute Gasteiger partial charge is 0.317 e. The third-order valence-electron chi connectivity index (χ3n) is 4.05. The summed E-state index contributed by atoms with van der Waals surface area (Å²) in [7, 11) is 0. The van der Waals surface area contributed by atoms with Crippen LogP contribution in [0.2, 0.25) is 0 Å². The van der Waals surface area contributed by atoms with Gasteiger partial charge in [-0.1, -0.05) is 18.2 Å². The minimum Gasteiger partial charge on any atom is -0.317 e. The van der Waals surface area contributed by atoms with Crippen LogP contribution in [0.5, 0.6) is 0 Å². The predicted molar refractivity (Wildman–Crippen MR) is 67.9 cm³/mol. The van der Waals surface area contributed by atoms with E-state index in [1.165, 1.54) is 0 Å². The number of anilines is 1. The highest BCUT2D eigenvalue weighted by molar-refractivity contribution is 5.96. The van der Waals surface area contributed by atoms with Gasteiger partial charge in [0.2, 0.25) is 5.91 Å². The van der Waals surface area contributed by atoms with Gasteiger partial charge in [-0.3, -0.25) is 4.79 Å². The molecule has 1 aromatic carbocycles. The number of carbonyl (C=O) groups excluding carboxylic acids is 1. The number of nitrogens with zero attached hydrogens (tertiary/aromatic N) is 1. The van der Waals surface area contributed by atoms with E-state index in [2.05, 4.69) is 5.32 Å². The Balaban J connectivity index is 1.82. The highest BCUT2D eigenvalue weighted by Crippen LogP contribution is 2.40. The fourth-order valence-corrected chi connectivity index (χ4v) is 3.03. The summed E-state index contributed by atoms with van der Waals surface area (Å²) in [4.78, 5) is 14.1. The predicted octanol–water partition coefficient (Wildman–Crippen LogP) is 1.79. The van der Waals surface area contributed by atoms with Gasteiger partial charge in [0.15, 0.2) is 0 Å². The number of carbonyl (C=O) groups is 1. The monoisotopic (exact) mass is 230 g/mol. The maximum Gasteiger partial charge on any atom is 0.227 e. The molecule has 3 heteroatoms. The Hall–Kier alpha value is -1.35. The molecule has 17 heavy (non-hydrogen) atoms. The lowest BCUT2D eigenvalue weighted by atomic mass is 9.78. The first-order valence-electron chi connectivity index (χ1n) is 6.35. The number of benzene rings is 1. The van der Waals surface area contributed by atoms with Crippen LogP contribution in [0.15, 0.2) is 30.3 Å². The minimum absolute atomic E-state index is 0.234. The fourth-order valence-electron chi connectivity index (χ4n) is 3.03. The molecule has 2 heterocycles. The van der Waals surface area contributed by atoms with Crippen molar-refractivity contribution in [3.63, 3.8) is 0 Å². The molecule has 3 rings (SSSR count). The molecule has 1 amide bonds. The van der Waals surface area contributed by atoms with Crippen LogP contribution in [0.1, 0.15) is 19.3 Å². The first kappa shape index (κ1) is 10.8. The van der Waals surface area contributed by atoms with Gasteiger partial charge in [-0.2, -0.15) is 0 Å². The number of amides is 1. The van der Waals surface area contributed by atoms with Gasteiger partial charge >= 0.3 is 0 Å². The van der Waals surface area contributed by atoms with Crippen molar-refractivity contribution in [2.75, 3.05) is 24.5 Å². The lowest BCUT2D eigenvalue weighted by molar-refractivity contribution is -0.117. The summed E-state index contributed by atoms with van der Waals surface area (Å²) in [5.41, 5.74) is 1.28. The van der Waals surface area contributed by atoms with Gasteiger partial charge in [-0.05, 0) is 43.5 Å². The second-order valence-corrected chi connectivity index (χ2v) is 5.24. The van der Waals surface area contributed by atoms with Crippen LogP contribution in [-0.4, -0.2) is 25.5 Å². The molecule has 0 unspecified atom stereocenters. The third-order valence-corrected chi connectivity index (χ3v) is 4.05. The smallest absolute Gasteiger partial charge is 0.227 e. The number of nitrogens with one attached hydrogen (secondary N) is 1. The van der Waals surface area contributed by atoms with Crippen LogP contribution in [0, 0.1) is 5.41 Å². The van der Waals surface area contributed by atoms with Crippen molar-refractivity contribution in [2.45, 2.75) is 19.3 Å². The summed E-state index contributed by atoms with van der Waals surface area (Å²) in [6.07, 6.45) is 2.98. The average Bonchev–Trinajstić information content (AvgIpc) is 2.68. The molecule has 0 aromatic heterocycles. The van der Waals surface area contributed by atoms with E-state index in [-0.39, 0.29) is 11.3 Å². The normalized spacial score (nSPS) is 23.3. The fraction of sp³-hybridized carbons (Fsp3) is 0.500. The molecule has 1 spiro atoms. The van der Waals surface area contributed by atoms with Crippen molar-refractivity contribution < 1.29 is 4.79 Å². The Labute approximate surface area is 102 Å². The van der Waals surface area contributed by atoms with E-state index in [0.717, 1.165) is 44.6 Å². The van der Waals surface area contributed by atoms with Crippen LogP contribution >= 0.6 is 0 Å². The van der Waals surface area contributed by atoms with Crippen molar-refractivity contribution in [1.82, 2.24) is 5.32 Å². The van der Waals surface area contributed by atoms with E-state index < -0.39 is 0 Å². The van der Waals surface area contributed by atoms with Gasteiger partial charge in [0.1, 0.15) is 0 Å². The standard InChI is InChI=1S/C14H18N2O/c17-13-10-14(6-8-15-9-7-14)11-16(13)12-4-2-1-3-5-12/h1-5,15H,6-11H2. The van der Waals surface area contributed by atoms with Crippen LogP contribution in [0.3, 0.4) is 0 Å². The van der Waals surface area contributed by atoms with E-state index >= 15 is 0 Å². The van der Waals surface area contributed by atoms with Crippen molar-refractivity contribution in [2.24, 2.45) is 5.41 Å². The van der Waals surface area contributed by atoms with Gasteiger partial charge < -0.3 is 10.2 Å². The number of para-hydroxylation sites is 1. The lowest BCUT2D eigenvalue weighted by Gasteiger charge is -2.33. The van der Waals surface area contributed by atoms with Crippen molar-refractivity contribution in [3.8, 4) is 0 Å². The highest BCUT2D eigenvalue weighted by Gasteiger charge is 2.43. The quantitative estimate of drug-likeness (QED) is 0.797. The topological polar surface area (TPSA) is 32.3 Å². The third kappa shape index (κ3) is 1.95. The average molecular weight is 230 g/mol. The lowest BCUT2D eigenvalue weighted by Crippen LogP contribution is -2.38. The van der Waals surface area contributed by atoms with E-state index in [1.54, 1.807) is 0 Å². The molecule has 0 aliphatic carbocycles.